The van der Waals surface area contributed by atoms with Gasteiger partial charge in [0.1, 0.15) is 5.82 Å². The summed E-state index contributed by atoms with van der Waals surface area (Å²) in [7, 11) is 0. The molecule has 6 heteroatoms. The Kier molecular flexibility index (Phi) is 11.6. The summed E-state index contributed by atoms with van der Waals surface area (Å²) in [6.45, 7) is 21.6. The fourth-order valence-corrected chi connectivity index (χ4v) is 6.75. The van der Waals surface area contributed by atoms with Crippen molar-refractivity contribution in [1.29, 1.82) is 0 Å². The third kappa shape index (κ3) is 9.89. The van der Waals surface area contributed by atoms with Gasteiger partial charge >= 0.3 is 0 Å². The van der Waals surface area contributed by atoms with E-state index in [-0.39, 0.29) is 5.82 Å². The zero-order valence-electron chi connectivity index (χ0n) is 25.0. The van der Waals surface area contributed by atoms with Gasteiger partial charge in [0, 0.05) is 34.2 Å². The number of hydrogen-bond acceptors (Lipinski definition) is 2. The van der Waals surface area contributed by atoms with E-state index in [0.29, 0.717) is 21.9 Å². The molecule has 39 heavy (non-hydrogen) atoms. The molecule has 2 aliphatic heterocycles. The number of benzene rings is 2. The van der Waals surface area contributed by atoms with Crippen LogP contribution in [0.5, 0.6) is 0 Å². The van der Waals surface area contributed by atoms with Crippen LogP contribution < -0.4 is 0 Å². The molecule has 4 rings (SSSR count). The zero-order valence-corrected chi connectivity index (χ0v) is 27.2. The van der Waals surface area contributed by atoms with E-state index in [1.54, 1.807) is 12.1 Å². The Hall–Kier alpha value is -0.840. The lowest BCUT2D eigenvalue weighted by Gasteiger charge is -2.41. The SMILES string of the molecule is CC(C)(C)C1CCCN(Cc2ccc(F)cc2Cl)C1.CC(c1cc(Cl)cc(Cl)c1)N1CCC(C(C)(C)C)CC1. The minimum Gasteiger partial charge on any atom is -0.299 e. The van der Waals surface area contributed by atoms with Gasteiger partial charge in [0.2, 0.25) is 0 Å². The molecule has 2 atom stereocenters. The molecule has 2 aromatic carbocycles. The summed E-state index contributed by atoms with van der Waals surface area (Å²) in [6.07, 6.45) is 5.10. The molecule has 2 nitrogen and oxygen atoms in total. The van der Waals surface area contributed by atoms with E-state index in [2.05, 4.69) is 58.3 Å². The molecule has 2 aromatic rings. The highest BCUT2D eigenvalue weighted by molar-refractivity contribution is 6.34. The van der Waals surface area contributed by atoms with Crippen molar-refractivity contribution < 1.29 is 4.39 Å². The second-order valence-electron chi connectivity index (χ2n) is 13.7. The highest BCUT2D eigenvalue weighted by Gasteiger charge is 2.31. The maximum atomic E-state index is 13.0. The molecule has 2 saturated heterocycles. The number of hydrogen-bond donors (Lipinski definition) is 0. The average Bonchev–Trinajstić information content (AvgIpc) is 2.84. The molecule has 2 aliphatic rings. The maximum absolute atomic E-state index is 13.0. The third-order valence-corrected chi connectivity index (χ3v) is 9.60. The maximum Gasteiger partial charge on any atom is 0.124 e. The van der Waals surface area contributed by atoms with Crippen molar-refractivity contribution in [3.8, 4) is 0 Å². The number of piperidine rings is 2. The summed E-state index contributed by atoms with van der Waals surface area (Å²) in [6, 6.07) is 11.0. The summed E-state index contributed by atoms with van der Waals surface area (Å²) >= 11 is 18.3. The second kappa shape index (κ2) is 13.9. The first-order chi connectivity index (χ1) is 18.1. The second-order valence-corrected chi connectivity index (χ2v) is 15.0. The lowest BCUT2D eigenvalue weighted by molar-refractivity contribution is 0.0878. The van der Waals surface area contributed by atoms with Gasteiger partial charge in [0.25, 0.3) is 0 Å². The van der Waals surface area contributed by atoms with Crippen molar-refractivity contribution in [1.82, 2.24) is 9.80 Å². The molecule has 0 bridgehead atoms. The van der Waals surface area contributed by atoms with Crippen LogP contribution in [0.25, 0.3) is 0 Å². The van der Waals surface area contributed by atoms with E-state index in [1.165, 1.54) is 43.4 Å². The van der Waals surface area contributed by atoms with Crippen LogP contribution in [0.4, 0.5) is 4.39 Å². The van der Waals surface area contributed by atoms with Gasteiger partial charge in [-0.2, -0.15) is 0 Å². The first-order valence-electron chi connectivity index (χ1n) is 14.5. The van der Waals surface area contributed by atoms with Gasteiger partial charge in [0.05, 0.1) is 0 Å². The van der Waals surface area contributed by atoms with Crippen molar-refractivity contribution in [3.05, 3.63) is 68.4 Å². The number of likely N-dealkylation sites (tertiary alicyclic amines) is 2. The zero-order chi connectivity index (χ0) is 29.0. The molecular weight excluding hydrogens is 550 g/mol. The lowest BCUT2D eigenvalue weighted by atomic mass is 9.75. The van der Waals surface area contributed by atoms with Gasteiger partial charge in [-0.15, -0.1) is 0 Å². The minimum atomic E-state index is -0.264. The average molecular weight is 598 g/mol. The Morgan fingerprint density at radius 2 is 1.41 bits per heavy atom. The van der Waals surface area contributed by atoms with E-state index in [0.717, 1.165) is 60.2 Å². The van der Waals surface area contributed by atoms with E-state index in [1.807, 2.05) is 12.1 Å². The molecule has 2 unspecified atom stereocenters. The largest absolute Gasteiger partial charge is 0.299 e. The smallest absolute Gasteiger partial charge is 0.124 e. The first-order valence-corrected chi connectivity index (χ1v) is 15.6. The van der Waals surface area contributed by atoms with Crippen LogP contribution in [0.3, 0.4) is 0 Å². The van der Waals surface area contributed by atoms with Gasteiger partial charge in [-0.1, -0.05) is 82.4 Å². The molecule has 0 spiro atoms. The van der Waals surface area contributed by atoms with Crippen LogP contribution in [-0.2, 0) is 6.54 Å². The molecule has 0 aliphatic carbocycles. The highest BCUT2D eigenvalue weighted by atomic mass is 35.5. The van der Waals surface area contributed by atoms with Crippen LogP contribution in [0.1, 0.15) is 91.3 Å². The van der Waals surface area contributed by atoms with Crippen LogP contribution >= 0.6 is 34.8 Å². The number of halogens is 4. The summed E-state index contributed by atoms with van der Waals surface area (Å²) in [4.78, 5) is 4.99. The standard InChI is InChI=1S/C17H25Cl2N.C16H23ClFN/c1-12(13-9-15(18)11-16(19)10-13)20-7-5-14(6-8-20)17(2,3)4;1-16(2,3)13-5-4-8-19(11-13)10-12-6-7-14(18)9-15(12)17/h9-12,14H,5-8H2,1-4H3;6-7,9,13H,4-5,8,10-11H2,1-3H3. The van der Waals surface area contributed by atoms with Crippen LogP contribution in [0, 0.1) is 28.5 Å². The molecule has 218 valence electrons. The van der Waals surface area contributed by atoms with Crippen molar-refractivity contribution in [2.45, 2.75) is 86.7 Å². The molecule has 2 fully saturated rings. The summed E-state index contributed by atoms with van der Waals surface area (Å²) in [5.74, 6) is 1.29. The Bertz CT molecular complexity index is 1050. The molecule has 0 amide bonds. The topological polar surface area (TPSA) is 6.48 Å². The molecule has 0 aromatic heterocycles. The molecule has 0 saturated carbocycles. The van der Waals surface area contributed by atoms with Gasteiger partial charge in [-0.05, 0) is 116 Å². The number of rotatable bonds is 4. The Morgan fingerprint density at radius 1 is 0.821 bits per heavy atom. The Morgan fingerprint density at radius 3 is 1.95 bits per heavy atom. The fourth-order valence-electron chi connectivity index (χ4n) is 5.98. The van der Waals surface area contributed by atoms with Gasteiger partial charge < -0.3 is 0 Å². The molecule has 2 heterocycles. The van der Waals surface area contributed by atoms with E-state index < -0.39 is 0 Å². The summed E-state index contributed by atoms with van der Waals surface area (Å²) in [5, 5.41) is 1.99. The van der Waals surface area contributed by atoms with Crippen LogP contribution in [0.2, 0.25) is 15.1 Å². The van der Waals surface area contributed by atoms with Gasteiger partial charge in [-0.25, -0.2) is 4.39 Å². The Balaban J connectivity index is 0.000000216. The highest BCUT2D eigenvalue weighted by Crippen LogP contribution is 2.37. The lowest BCUT2D eigenvalue weighted by Crippen LogP contribution is -2.40. The summed E-state index contributed by atoms with van der Waals surface area (Å²) < 4.78 is 13.0. The minimum absolute atomic E-state index is 0.264. The summed E-state index contributed by atoms with van der Waals surface area (Å²) in [5.41, 5.74) is 3.02. The Labute approximate surface area is 252 Å². The molecule has 0 radical (unpaired) electrons. The van der Waals surface area contributed by atoms with Gasteiger partial charge in [0.15, 0.2) is 0 Å². The molecular formula is C33H48Cl3FN2. The fraction of sp³-hybridized carbons (Fsp3) is 0.636. The van der Waals surface area contributed by atoms with E-state index in [4.69, 9.17) is 34.8 Å². The third-order valence-electron chi connectivity index (χ3n) is 8.81. The van der Waals surface area contributed by atoms with E-state index >= 15 is 0 Å². The quantitative estimate of drug-likeness (QED) is 0.346. The molecule has 0 N–H and O–H groups in total. The van der Waals surface area contributed by atoms with Crippen molar-refractivity contribution in [2.75, 3.05) is 26.2 Å². The predicted molar refractivity (Wildman–Crippen MR) is 167 cm³/mol. The predicted octanol–water partition coefficient (Wildman–Crippen LogP) is 10.5. The van der Waals surface area contributed by atoms with Crippen molar-refractivity contribution in [2.24, 2.45) is 22.7 Å². The van der Waals surface area contributed by atoms with Crippen LogP contribution in [0.15, 0.2) is 36.4 Å². The van der Waals surface area contributed by atoms with Gasteiger partial charge in [-0.3, -0.25) is 9.80 Å². The number of nitrogens with zero attached hydrogens (tertiary/aromatic N) is 2. The first kappa shape index (κ1) is 32.7. The van der Waals surface area contributed by atoms with Crippen LogP contribution in [-0.4, -0.2) is 36.0 Å². The normalized spacial score (nSPS) is 20.8. The van der Waals surface area contributed by atoms with Crippen molar-refractivity contribution in [3.63, 3.8) is 0 Å². The van der Waals surface area contributed by atoms with E-state index in [9.17, 15) is 4.39 Å². The van der Waals surface area contributed by atoms with Crippen molar-refractivity contribution >= 4 is 34.8 Å². The monoisotopic (exact) mass is 596 g/mol.